The van der Waals surface area contributed by atoms with Crippen LogP contribution in [-0.4, -0.2) is 54.1 Å². The Morgan fingerprint density at radius 3 is 2.78 bits per heavy atom. The summed E-state index contributed by atoms with van der Waals surface area (Å²) in [5.41, 5.74) is 8.44. The summed E-state index contributed by atoms with van der Waals surface area (Å²) >= 11 is 1.42. The number of unbranched alkanes of at least 4 members (excludes halogenated alkanes) is 1. The molecule has 1 N–H and O–H groups in total. The minimum absolute atomic E-state index is 0.124. The molecule has 0 spiro atoms. The molecule has 1 aliphatic heterocycles. The third-order valence-corrected chi connectivity index (χ3v) is 5.24. The second kappa shape index (κ2) is 11.2. The third-order valence-electron chi connectivity index (χ3n) is 4.08. The molecule has 1 fully saturated rings. The number of aliphatic hydroxyl groups is 1. The molecule has 0 saturated carbocycles. The molecule has 1 heterocycles. The average molecular weight is 395 g/mol. The Hall–Kier alpha value is -1.77. The molecule has 8 nitrogen and oxygen atoms in total. The molecule has 0 aliphatic carbocycles. The number of hydrogen-bond acceptors (Lipinski definition) is 7. The van der Waals surface area contributed by atoms with E-state index < -0.39 is 35.8 Å². The van der Waals surface area contributed by atoms with Crippen LogP contribution in [0.3, 0.4) is 0 Å². The Labute approximate surface area is 162 Å². The number of azide groups is 1. The van der Waals surface area contributed by atoms with E-state index in [1.165, 1.54) is 18.7 Å². The number of esters is 1. The van der Waals surface area contributed by atoms with E-state index in [0.29, 0.717) is 6.61 Å². The molecule has 27 heavy (non-hydrogen) atoms. The van der Waals surface area contributed by atoms with Gasteiger partial charge in [-0.3, -0.25) is 4.79 Å². The van der Waals surface area contributed by atoms with Crippen molar-refractivity contribution in [2.75, 3.05) is 13.2 Å². The molecule has 1 saturated heterocycles. The van der Waals surface area contributed by atoms with Crippen molar-refractivity contribution in [3.05, 3.63) is 40.8 Å². The van der Waals surface area contributed by atoms with Crippen LogP contribution in [0, 0.1) is 0 Å². The SMILES string of the molecule is CCCCOC1[C@@H](Sc2ccccc2)OC(COC(C)=O)[C@@H](O)[C@@H]1N=[N+]=[N-]. The zero-order chi connectivity index (χ0) is 19.6. The van der Waals surface area contributed by atoms with Crippen LogP contribution in [0.2, 0.25) is 0 Å². The number of thioether (sulfide) groups is 1. The van der Waals surface area contributed by atoms with E-state index in [9.17, 15) is 9.90 Å². The molecule has 0 bridgehead atoms. The van der Waals surface area contributed by atoms with Crippen molar-refractivity contribution in [2.45, 2.75) is 61.4 Å². The Morgan fingerprint density at radius 2 is 2.15 bits per heavy atom. The maximum absolute atomic E-state index is 11.1. The zero-order valence-corrected chi connectivity index (χ0v) is 16.2. The van der Waals surface area contributed by atoms with Crippen LogP contribution in [0.15, 0.2) is 40.3 Å². The van der Waals surface area contributed by atoms with E-state index in [-0.39, 0.29) is 6.61 Å². The summed E-state index contributed by atoms with van der Waals surface area (Å²) in [7, 11) is 0. The molecule has 5 atom stereocenters. The zero-order valence-electron chi connectivity index (χ0n) is 15.4. The Morgan fingerprint density at radius 1 is 1.41 bits per heavy atom. The van der Waals surface area contributed by atoms with E-state index in [4.69, 9.17) is 19.7 Å². The van der Waals surface area contributed by atoms with E-state index >= 15 is 0 Å². The molecule has 9 heteroatoms. The number of carbonyl (C=O) groups excluding carboxylic acids is 1. The van der Waals surface area contributed by atoms with Crippen LogP contribution in [0.25, 0.3) is 10.4 Å². The van der Waals surface area contributed by atoms with Crippen LogP contribution in [0.5, 0.6) is 0 Å². The average Bonchev–Trinajstić information content (AvgIpc) is 2.66. The van der Waals surface area contributed by atoms with Crippen molar-refractivity contribution in [3.63, 3.8) is 0 Å². The van der Waals surface area contributed by atoms with Gasteiger partial charge >= 0.3 is 5.97 Å². The fourth-order valence-electron chi connectivity index (χ4n) is 2.71. The number of rotatable bonds is 9. The summed E-state index contributed by atoms with van der Waals surface area (Å²) in [6.07, 6.45) is -0.777. The lowest BCUT2D eigenvalue weighted by Gasteiger charge is -2.42. The van der Waals surface area contributed by atoms with Gasteiger partial charge in [0.25, 0.3) is 0 Å². The monoisotopic (exact) mass is 395 g/mol. The molecule has 1 aromatic carbocycles. The third kappa shape index (κ3) is 6.41. The molecular weight excluding hydrogens is 370 g/mol. The second-order valence-corrected chi connectivity index (χ2v) is 7.32. The Kier molecular flexibility index (Phi) is 8.90. The summed E-state index contributed by atoms with van der Waals surface area (Å²) in [6, 6.07) is 8.76. The smallest absolute Gasteiger partial charge is 0.302 e. The van der Waals surface area contributed by atoms with Crippen molar-refractivity contribution in [1.82, 2.24) is 0 Å². The lowest BCUT2D eigenvalue weighted by molar-refractivity contribution is -0.184. The summed E-state index contributed by atoms with van der Waals surface area (Å²) in [6.45, 7) is 3.68. The van der Waals surface area contributed by atoms with Crippen LogP contribution in [-0.2, 0) is 19.0 Å². The van der Waals surface area contributed by atoms with Gasteiger partial charge in [0.1, 0.15) is 24.3 Å². The lowest BCUT2D eigenvalue weighted by Crippen LogP contribution is -2.58. The number of carbonyl (C=O) groups is 1. The number of nitrogens with zero attached hydrogens (tertiary/aromatic N) is 3. The molecule has 2 rings (SSSR count). The first-order valence-corrected chi connectivity index (χ1v) is 9.79. The van der Waals surface area contributed by atoms with Gasteiger partial charge in [-0.2, -0.15) is 0 Å². The topological polar surface area (TPSA) is 114 Å². The quantitative estimate of drug-likeness (QED) is 0.226. The highest BCUT2D eigenvalue weighted by atomic mass is 32.2. The van der Waals surface area contributed by atoms with Crippen molar-refractivity contribution >= 4 is 17.7 Å². The molecule has 1 aromatic rings. The summed E-state index contributed by atoms with van der Waals surface area (Å²) in [4.78, 5) is 15.0. The van der Waals surface area contributed by atoms with Gasteiger partial charge in [0.2, 0.25) is 0 Å². The summed E-state index contributed by atoms with van der Waals surface area (Å²) in [5.74, 6) is -0.472. The molecule has 0 amide bonds. The maximum Gasteiger partial charge on any atom is 0.302 e. The normalized spacial score (nSPS) is 27.6. The van der Waals surface area contributed by atoms with E-state index in [1.54, 1.807) is 0 Å². The van der Waals surface area contributed by atoms with Crippen LogP contribution < -0.4 is 0 Å². The van der Waals surface area contributed by atoms with Crippen molar-refractivity contribution in [1.29, 1.82) is 0 Å². The second-order valence-electron chi connectivity index (χ2n) is 6.15. The highest BCUT2D eigenvalue weighted by molar-refractivity contribution is 7.99. The first-order valence-electron chi connectivity index (χ1n) is 8.91. The molecule has 2 unspecified atom stereocenters. The highest BCUT2D eigenvalue weighted by Crippen LogP contribution is 2.36. The summed E-state index contributed by atoms with van der Waals surface area (Å²) in [5, 5.41) is 14.4. The van der Waals surface area contributed by atoms with Gasteiger partial charge < -0.3 is 19.3 Å². The van der Waals surface area contributed by atoms with E-state index in [1.807, 2.05) is 37.3 Å². The van der Waals surface area contributed by atoms with Gasteiger partial charge in [-0.25, -0.2) is 0 Å². The fourth-order valence-corrected chi connectivity index (χ4v) is 3.86. The predicted molar refractivity (Wildman–Crippen MR) is 101 cm³/mol. The van der Waals surface area contributed by atoms with Gasteiger partial charge in [-0.1, -0.05) is 48.4 Å². The number of aliphatic hydroxyl groups excluding tert-OH is 1. The Bertz CT molecular complexity index is 641. The van der Waals surface area contributed by atoms with Crippen LogP contribution in [0.1, 0.15) is 26.7 Å². The fraction of sp³-hybridized carbons (Fsp3) is 0.611. The predicted octanol–water partition coefficient (Wildman–Crippen LogP) is 3.29. The molecule has 0 aromatic heterocycles. The molecule has 148 valence electrons. The lowest BCUT2D eigenvalue weighted by atomic mass is 9.98. The largest absolute Gasteiger partial charge is 0.463 e. The van der Waals surface area contributed by atoms with Crippen molar-refractivity contribution in [3.8, 4) is 0 Å². The minimum Gasteiger partial charge on any atom is -0.463 e. The van der Waals surface area contributed by atoms with E-state index in [0.717, 1.165) is 17.7 Å². The highest BCUT2D eigenvalue weighted by Gasteiger charge is 2.46. The van der Waals surface area contributed by atoms with Crippen LogP contribution >= 0.6 is 11.8 Å². The maximum atomic E-state index is 11.1. The first-order chi connectivity index (χ1) is 13.1. The number of hydrogen-bond donors (Lipinski definition) is 1. The van der Waals surface area contributed by atoms with Gasteiger partial charge in [-0.05, 0) is 24.1 Å². The molecule has 0 radical (unpaired) electrons. The Balaban J connectivity index is 2.23. The van der Waals surface area contributed by atoms with Crippen LogP contribution in [0.4, 0.5) is 0 Å². The van der Waals surface area contributed by atoms with Crippen molar-refractivity contribution in [2.24, 2.45) is 5.11 Å². The van der Waals surface area contributed by atoms with Crippen molar-refractivity contribution < 1.29 is 24.1 Å². The molecular formula is C18H25N3O5S. The summed E-state index contributed by atoms with van der Waals surface area (Å²) < 4.78 is 16.9. The van der Waals surface area contributed by atoms with Gasteiger partial charge in [0.15, 0.2) is 0 Å². The number of ether oxygens (including phenoxy) is 3. The standard InChI is InChI=1S/C18H25N3O5S/c1-3-4-10-24-17-15(20-21-19)16(23)14(11-25-12(2)22)26-18(17)27-13-8-6-5-7-9-13/h5-9,14-18,23H,3-4,10-11H2,1-2H3/t14?,15-,16+,17?,18+/m0/s1. The molecule has 1 aliphatic rings. The van der Waals surface area contributed by atoms with Gasteiger partial charge in [0, 0.05) is 23.3 Å². The van der Waals surface area contributed by atoms with Gasteiger partial charge in [0.05, 0.1) is 12.1 Å². The first kappa shape index (κ1) is 21.5. The van der Waals surface area contributed by atoms with E-state index in [2.05, 4.69) is 10.0 Å². The minimum atomic E-state index is -1.14. The van der Waals surface area contributed by atoms with Gasteiger partial charge in [-0.15, -0.1) is 0 Å². The number of benzene rings is 1.